The Morgan fingerprint density at radius 3 is 3.11 bits per heavy atom. The summed E-state index contributed by atoms with van der Waals surface area (Å²) in [6.45, 7) is 1.76. The van der Waals surface area contributed by atoms with Gasteiger partial charge in [0.15, 0.2) is 11.5 Å². The molecule has 2 aromatic heterocycles. The Bertz CT molecular complexity index is 612. The predicted octanol–water partition coefficient (Wildman–Crippen LogP) is 1.22. The van der Waals surface area contributed by atoms with Gasteiger partial charge < -0.3 is 9.88 Å². The fourth-order valence-electron chi connectivity index (χ4n) is 2.39. The van der Waals surface area contributed by atoms with Crippen molar-refractivity contribution in [1.82, 2.24) is 19.5 Å². The highest BCUT2D eigenvalue weighted by Crippen LogP contribution is 2.19. The normalized spacial score (nSPS) is 17.5. The van der Waals surface area contributed by atoms with Crippen LogP contribution in [-0.2, 0) is 13.0 Å². The minimum atomic E-state index is 0.349. The molecule has 0 bridgehead atoms. The van der Waals surface area contributed by atoms with Gasteiger partial charge in [-0.05, 0) is 12.3 Å². The van der Waals surface area contributed by atoms with Crippen LogP contribution < -0.4 is 5.32 Å². The molecule has 0 radical (unpaired) electrons. The van der Waals surface area contributed by atoms with Crippen LogP contribution in [0, 0.1) is 17.2 Å². The number of nitrogens with one attached hydrogen (secondary N) is 1. The van der Waals surface area contributed by atoms with E-state index in [2.05, 4.69) is 24.8 Å². The third kappa shape index (κ3) is 2.40. The molecule has 0 fully saturated rings. The number of anilines is 1. The molecular weight excluding hydrogens is 240 g/mol. The Balaban J connectivity index is 1.63. The van der Waals surface area contributed by atoms with Crippen molar-refractivity contribution in [3.8, 4) is 6.07 Å². The number of hydrogen-bond donors (Lipinski definition) is 1. The smallest absolute Gasteiger partial charge is 0.182 e. The Labute approximate surface area is 111 Å². The van der Waals surface area contributed by atoms with E-state index in [1.165, 1.54) is 6.20 Å². The van der Waals surface area contributed by atoms with Crippen LogP contribution in [0.1, 0.15) is 17.9 Å². The SMILES string of the molecule is N#Cc1nccnc1NC[C@H]1CCc2nccn2C1. The minimum absolute atomic E-state index is 0.349. The average molecular weight is 254 g/mol. The number of hydrogen-bond acceptors (Lipinski definition) is 5. The predicted molar refractivity (Wildman–Crippen MR) is 69.3 cm³/mol. The van der Waals surface area contributed by atoms with E-state index < -0.39 is 0 Å². The number of fused-ring (bicyclic) bond motifs is 1. The van der Waals surface area contributed by atoms with Crippen LogP contribution in [0.25, 0.3) is 0 Å². The van der Waals surface area contributed by atoms with Gasteiger partial charge in [-0.25, -0.2) is 15.0 Å². The second-order valence-corrected chi connectivity index (χ2v) is 4.65. The van der Waals surface area contributed by atoms with Crippen molar-refractivity contribution in [1.29, 1.82) is 5.26 Å². The summed E-state index contributed by atoms with van der Waals surface area (Å²) in [5.41, 5.74) is 0.349. The van der Waals surface area contributed by atoms with E-state index in [1.54, 1.807) is 6.20 Å². The van der Waals surface area contributed by atoms with Crippen molar-refractivity contribution in [3.05, 3.63) is 36.3 Å². The lowest BCUT2D eigenvalue weighted by atomic mass is 9.99. The first kappa shape index (κ1) is 11.7. The second-order valence-electron chi connectivity index (χ2n) is 4.65. The molecule has 0 aromatic carbocycles. The first-order chi connectivity index (χ1) is 9.36. The van der Waals surface area contributed by atoms with Gasteiger partial charge in [0.25, 0.3) is 0 Å². The molecule has 96 valence electrons. The topological polar surface area (TPSA) is 79.4 Å². The van der Waals surface area contributed by atoms with Gasteiger partial charge in [-0.1, -0.05) is 0 Å². The number of imidazole rings is 1. The zero-order valence-electron chi connectivity index (χ0n) is 10.5. The second kappa shape index (κ2) is 5.06. The lowest BCUT2D eigenvalue weighted by Gasteiger charge is -2.24. The monoisotopic (exact) mass is 254 g/mol. The highest BCUT2D eigenvalue weighted by atomic mass is 15.1. The Morgan fingerprint density at radius 2 is 2.21 bits per heavy atom. The van der Waals surface area contributed by atoms with Gasteiger partial charge in [0, 0.05) is 44.3 Å². The maximum Gasteiger partial charge on any atom is 0.182 e. The fourth-order valence-corrected chi connectivity index (χ4v) is 2.39. The van der Waals surface area contributed by atoms with Gasteiger partial charge in [0.1, 0.15) is 11.9 Å². The lowest BCUT2D eigenvalue weighted by Crippen LogP contribution is -2.26. The van der Waals surface area contributed by atoms with Crippen molar-refractivity contribution in [2.45, 2.75) is 19.4 Å². The summed E-state index contributed by atoms with van der Waals surface area (Å²) < 4.78 is 2.19. The summed E-state index contributed by atoms with van der Waals surface area (Å²) >= 11 is 0. The molecule has 0 saturated carbocycles. The molecule has 19 heavy (non-hydrogen) atoms. The van der Waals surface area contributed by atoms with Gasteiger partial charge >= 0.3 is 0 Å². The molecule has 0 amide bonds. The quantitative estimate of drug-likeness (QED) is 0.890. The maximum atomic E-state index is 8.95. The molecule has 3 rings (SSSR count). The molecule has 0 spiro atoms. The molecule has 1 N–H and O–H groups in total. The van der Waals surface area contributed by atoms with E-state index in [1.807, 2.05) is 18.5 Å². The number of rotatable bonds is 3. The highest BCUT2D eigenvalue weighted by molar-refractivity contribution is 5.46. The third-order valence-corrected chi connectivity index (χ3v) is 3.40. The summed E-state index contributed by atoms with van der Waals surface area (Å²) in [4.78, 5) is 12.5. The summed E-state index contributed by atoms with van der Waals surface area (Å²) in [6, 6.07) is 2.04. The van der Waals surface area contributed by atoms with Crippen molar-refractivity contribution >= 4 is 5.82 Å². The average Bonchev–Trinajstić information content (AvgIpc) is 2.93. The third-order valence-electron chi connectivity index (χ3n) is 3.40. The van der Waals surface area contributed by atoms with Crippen LogP contribution in [0.3, 0.4) is 0 Å². The van der Waals surface area contributed by atoms with Crippen LogP contribution >= 0.6 is 0 Å². The van der Waals surface area contributed by atoms with E-state index >= 15 is 0 Å². The first-order valence-corrected chi connectivity index (χ1v) is 6.32. The van der Waals surface area contributed by atoms with Crippen molar-refractivity contribution in [3.63, 3.8) is 0 Å². The molecule has 0 unspecified atom stereocenters. The van der Waals surface area contributed by atoms with E-state index in [0.29, 0.717) is 17.4 Å². The minimum Gasteiger partial charge on any atom is -0.367 e. The highest BCUT2D eigenvalue weighted by Gasteiger charge is 2.19. The molecule has 2 aromatic rings. The maximum absolute atomic E-state index is 8.95. The number of nitriles is 1. The summed E-state index contributed by atoms with van der Waals surface area (Å²) in [6.07, 6.45) is 9.10. The zero-order chi connectivity index (χ0) is 13.1. The van der Waals surface area contributed by atoms with Gasteiger partial charge in [-0.2, -0.15) is 5.26 Å². The van der Waals surface area contributed by atoms with E-state index in [9.17, 15) is 0 Å². The molecule has 1 aliphatic heterocycles. The van der Waals surface area contributed by atoms with Crippen molar-refractivity contribution in [2.75, 3.05) is 11.9 Å². The number of aromatic nitrogens is 4. The summed E-state index contributed by atoms with van der Waals surface area (Å²) in [5.74, 6) is 2.25. The van der Waals surface area contributed by atoms with Gasteiger partial charge in [-0.15, -0.1) is 0 Å². The van der Waals surface area contributed by atoms with E-state index in [0.717, 1.165) is 31.8 Å². The Kier molecular flexibility index (Phi) is 3.11. The Morgan fingerprint density at radius 1 is 1.32 bits per heavy atom. The summed E-state index contributed by atoms with van der Waals surface area (Å²) in [5, 5.41) is 12.2. The van der Waals surface area contributed by atoms with Crippen LogP contribution in [0.2, 0.25) is 0 Å². The standard InChI is InChI=1S/C13H14N6/c14-7-11-13(17-4-3-15-11)18-8-10-1-2-12-16-5-6-19(12)9-10/h3-6,10H,1-2,8-9H2,(H,17,18)/t10-/m1/s1. The largest absolute Gasteiger partial charge is 0.367 e. The molecular formula is C13H14N6. The molecule has 0 aliphatic carbocycles. The van der Waals surface area contributed by atoms with Gasteiger partial charge in [0.2, 0.25) is 0 Å². The lowest BCUT2D eigenvalue weighted by molar-refractivity contribution is 0.381. The molecule has 1 atom stereocenters. The molecule has 0 saturated heterocycles. The van der Waals surface area contributed by atoms with Crippen LogP contribution in [-0.4, -0.2) is 26.1 Å². The summed E-state index contributed by atoms with van der Waals surface area (Å²) in [7, 11) is 0. The molecule has 6 heteroatoms. The van der Waals surface area contributed by atoms with E-state index in [-0.39, 0.29) is 0 Å². The van der Waals surface area contributed by atoms with Crippen LogP contribution in [0.15, 0.2) is 24.8 Å². The van der Waals surface area contributed by atoms with Crippen molar-refractivity contribution in [2.24, 2.45) is 5.92 Å². The van der Waals surface area contributed by atoms with Gasteiger partial charge in [-0.3, -0.25) is 0 Å². The van der Waals surface area contributed by atoms with Crippen LogP contribution in [0.4, 0.5) is 5.82 Å². The van der Waals surface area contributed by atoms with Crippen molar-refractivity contribution < 1.29 is 0 Å². The fraction of sp³-hybridized carbons (Fsp3) is 0.385. The number of nitrogens with zero attached hydrogens (tertiary/aromatic N) is 5. The zero-order valence-corrected chi connectivity index (χ0v) is 10.5. The molecule has 3 heterocycles. The van der Waals surface area contributed by atoms with Gasteiger partial charge in [0.05, 0.1) is 0 Å². The first-order valence-electron chi connectivity index (χ1n) is 6.32. The van der Waals surface area contributed by atoms with E-state index in [4.69, 9.17) is 5.26 Å². The van der Waals surface area contributed by atoms with Crippen LogP contribution in [0.5, 0.6) is 0 Å². The molecule has 6 nitrogen and oxygen atoms in total. The molecule has 1 aliphatic rings. The Hall–Kier alpha value is -2.42. The number of aryl methyl sites for hydroxylation is 1.